The number of aryl methyl sites for hydroxylation is 1. The molecule has 2 atom stereocenters. The summed E-state index contributed by atoms with van der Waals surface area (Å²) in [7, 11) is 3.26. The molecule has 2 aliphatic carbocycles. The third-order valence-electron chi connectivity index (χ3n) is 8.10. The highest BCUT2D eigenvalue weighted by molar-refractivity contribution is 6.13. The normalized spacial score (nSPS) is 19.2. The number of hydrazine groups is 1. The molecule has 4 aromatic rings. The van der Waals surface area contributed by atoms with E-state index in [9.17, 15) is 14.4 Å². The second-order valence-corrected chi connectivity index (χ2v) is 11.4. The van der Waals surface area contributed by atoms with Gasteiger partial charge in [0.1, 0.15) is 24.5 Å². The summed E-state index contributed by atoms with van der Waals surface area (Å²) in [5.74, 6) is 8.49. The summed E-state index contributed by atoms with van der Waals surface area (Å²) in [5, 5.41) is 4.48. The number of hydrogen-bond donors (Lipinski definition) is 3. The molecule has 1 aliphatic heterocycles. The summed E-state index contributed by atoms with van der Waals surface area (Å²) in [4.78, 5) is 55.1. The summed E-state index contributed by atoms with van der Waals surface area (Å²) < 4.78 is 1.91. The maximum Gasteiger partial charge on any atom is 0.331 e. The minimum atomic E-state index is -0.348. The molecule has 0 radical (unpaired) electrons. The van der Waals surface area contributed by atoms with Crippen LogP contribution in [0.5, 0.6) is 0 Å². The number of fused-ring (bicyclic) bond motifs is 1. The maximum absolute atomic E-state index is 12.7. The van der Waals surface area contributed by atoms with Gasteiger partial charge in [-0.25, -0.2) is 30.6 Å². The number of aldehydes is 1. The summed E-state index contributed by atoms with van der Waals surface area (Å²) >= 11 is 0. The van der Waals surface area contributed by atoms with Crippen molar-refractivity contribution >= 4 is 46.8 Å². The third kappa shape index (κ3) is 5.75. The van der Waals surface area contributed by atoms with Crippen LogP contribution >= 0.6 is 0 Å². The molecule has 3 aliphatic rings. The van der Waals surface area contributed by atoms with Gasteiger partial charge in [-0.2, -0.15) is 0 Å². The van der Waals surface area contributed by atoms with Gasteiger partial charge in [0.2, 0.25) is 5.91 Å². The number of imide groups is 1. The van der Waals surface area contributed by atoms with Gasteiger partial charge in [-0.3, -0.25) is 14.6 Å². The van der Waals surface area contributed by atoms with Gasteiger partial charge in [-0.1, -0.05) is 0 Å². The van der Waals surface area contributed by atoms with E-state index in [0.29, 0.717) is 52.6 Å². The van der Waals surface area contributed by atoms with Gasteiger partial charge in [0.25, 0.3) is 0 Å². The lowest BCUT2D eigenvalue weighted by molar-refractivity contribution is -0.123. The zero-order chi connectivity index (χ0) is 31.1. The number of aromatic nitrogens is 5. The Balaban J connectivity index is 0.000000238. The van der Waals surface area contributed by atoms with Crippen LogP contribution in [0, 0.1) is 12.8 Å². The maximum atomic E-state index is 12.7. The van der Waals surface area contributed by atoms with E-state index in [2.05, 4.69) is 20.3 Å². The lowest BCUT2D eigenvalue weighted by Gasteiger charge is -2.19. The molecular weight excluding hydrogens is 562 g/mol. The van der Waals surface area contributed by atoms with Crippen LogP contribution in [0.2, 0.25) is 0 Å². The number of amides is 3. The van der Waals surface area contributed by atoms with Gasteiger partial charge < -0.3 is 25.3 Å². The summed E-state index contributed by atoms with van der Waals surface area (Å²) in [6, 6.07) is 5.27. The number of nitrogens with one attached hydrogen (secondary N) is 1. The Morgan fingerprint density at radius 1 is 1.16 bits per heavy atom. The lowest BCUT2D eigenvalue weighted by Crippen LogP contribution is -2.31. The largest absolute Gasteiger partial charge is 0.396 e. The molecule has 3 amide bonds. The van der Waals surface area contributed by atoms with Gasteiger partial charge in [0, 0.05) is 56.3 Å². The molecule has 5 heterocycles. The number of anilines is 4. The van der Waals surface area contributed by atoms with Crippen LogP contribution in [-0.4, -0.2) is 68.1 Å². The van der Waals surface area contributed by atoms with Crippen LogP contribution in [0.4, 0.5) is 27.7 Å². The number of likely N-dealkylation sites (N-methyl/N-ethyl adjacent to an activating group) is 1. The second kappa shape index (κ2) is 11.5. The Labute approximate surface area is 254 Å². The Kier molecular flexibility index (Phi) is 7.59. The first-order valence-corrected chi connectivity index (χ1v) is 14.5. The zero-order valence-electron chi connectivity index (χ0n) is 24.8. The standard InChI is InChI=1S/C21H25N9O2.C9H10N2O/c1-24-18-6-16(15(22)7-25-18)30(23)10-14-9-28-8-13(12-3-4-12)5-17(20(28)26-14)29-11-19(31)27(2)21(29)32;1-6-2-3-10-9(11-6)8-4-7(8)5-12/h5-9,12H,3-4,10-11,22-23H2,1-2H3,(H,24,25);2-3,5,7-8H,4H2,1H3/t;7?,8-/m.0/s1. The highest BCUT2D eigenvalue weighted by Gasteiger charge is 2.40. The molecule has 14 heteroatoms. The van der Waals surface area contributed by atoms with Crippen molar-refractivity contribution in [3.8, 4) is 0 Å². The van der Waals surface area contributed by atoms with Gasteiger partial charge >= 0.3 is 6.03 Å². The smallest absolute Gasteiger partial charge is 0.331 e. The third-order valence-corrected chi connectivity index (χ3v) is 8.10. The average molecular weight is 598 g/mol. The van der Waals surface area contributed by atoms with E-state index in [4.69, 9.17) is 16.6 Å². The van der Waals surface area contributed by atoms with Crippen molar-refractivity contribution < 1.29 is 14.4 Å². The Bertz CT molecular complexity index is 1750. The minimum Gasteiger partial charge on any atom is -0.396 e. The van der Waals surface area contributed by atoms with Gasteiger partial charge in [-0.05, 0) is 49.8 Å². The molecule has 0 spiro atoms. The summed E-state index contributed by atoms with van der Waals surface area (Å²) in [6.45, 7) is 2.23. The van der Waals surface area contributed by atoms with Gasteiger partial charge in [0.05, 0.1) is 35.5 Å². The fraction of sp³-hybridized carbons (Fsp3) is 0.367. The van der Waals surface area contributed by atoms with Crippen LogP contribution in [0.3, 0.4) is 0 Å². The number of hydrogen-bond acceptors (Lipinski definition) is 11. The van der Waals surface area contributed by atoms with E-state index >= 15 is 0 Å². The monoisotopic (exact) mass is 597 g/mol. The molecule has 1 unspecified atom stereocenters. The van der Waals surface area contributed by atoms with Crippen LogP contribution in [0.1, 0.15) is 53.9 Å². The number of rotatable bonds is 8. The number of carbonyl (C=O) groups is 3. The van der Waals surface area contributed by atoms with Crippen molar-refractivity contribution in [1.82, 2.24) is 29.2 Å². The highest BCUT2D eigenvalue weighted by atomic mass is 16.2. The molecule has 2 saturated carbocycles. The predicted molar refractivity (Wildman–Crippen MR) is 165 cm³/mol. The van der Waals surface area contributed by atoms with Crippen molar-refractivity contribution in [2.75, 3.05) is 41.6 Å². The average Bonchev–Trinajstić information content (AvgIpc) is 3.94. The fourth-order valence-corrected chi connectivity index (χ4v) is 5.26. The van der Waals surface area contributed by atoms with Crippen LogP contribution in [0.25, 0.3) is 5.65 Å². The zero-order valence-corrected chi connectivity index (χ0v) is 24.8. The SMILES string of the molecule is CNc1cc(N(N)Cc2cn3cc(C4CC4)cc(N4CC(=O)N(C)C4=O)c3n2)c(N)cn1.Cc1ccnc([C@H]2CC2C=O)n1. The first-order chi connectivity index (χ1) is 21.2. The lowest BCUT2D eigenvalue weighted by atomic mass is 10.1. The molecule has 0 bridgehead atoms. The number of urea groups is 1. The predicted octanol–water partition coefficient (Wildman–Crippen LogP) is 2.60. The van der Waals surface area contributed by atoms with Crippen LogP contribution in [-0.2, 0) is 16.1 Å². The number of carbonyl (C=O) groups excluding carboxylic acids is 3. The molecule has 44 heavy (non-hydrogen) atoms. The minimum absolute atomic E-state index is 0.00463. The van der Waals surface area contributed by atoms with Crippen molar-refractivity contribution in [2.45, 2.75) is 44.6 Å². The van der Waals surface area contributed by atoms with Crippen molar-refractivity contribution in [3.63, 3.8) is 0 Å². The van der Waals surface area contributed by atoms with E-state index in [1.54, 1.807) is 25.5 Å². The Morgan fingerprint density at radius 3 is 2.59 bits per heavy atom. The molecule has 7 rings (SSSR count). The van der Waals surface area contributed by atoms with E-state index in [1.807, 2.05) is 35.9 Å². The van der Waals surface area contributed by atoms with Gasteiger partial charge in [0.15, 0.2) is 5.65 Å². The highest BCUT2D eigenvalue weighted by Crippen LogP contribution is 2.44. The number of nitrogens with two attached hydrogens (primary N) is 2. The quantitative estimate of drug-likeness (QED) is 0.118. The van der Waals surface area contributed by atoms with E-state index < -0.39 is 0 Å². The molecule has 14 nitrogen and oxygen atoms in total. The van der Waals surface area contributed by atoms with Crippen LogP contribution in [0.15, 0.2) is 43.0 Å². The molecule has 1 saturated heterocycles. The van der Waals surface area contributed by atoms with E-state index in [0.717, 1.165) is 47.5 Å². The van der Waals surface area contributed by atoms with E-state index in [-0.39, 0.29) is 24.4 Å². The summed E-state index contributed by atoms with van der Waals surface area (Å²) in [6.07, 6.45) is 11.4. The topological polar surface area (TPSA) is 181 Å². The summed E-state index contributed by atoms with van der Waals surface area (Å²) in [5.41, 5.74) is 11.2. The van der Waals surface area contributed by atoms with Crippen molar-refractivity contribution in [3.05, 3.63) is 65.8 Å². The van der Waals surface area contributed by atoms with E-state index in [1.165, 1.54) is 17.0 Å². The second-order valence-electron chi connectivity index (χ2n) is 11.4. The number of pyridine rings is 2. The Morgan fingerprint density at radius 2 is 1.95 bits per heavy atom. The molecule has 3 fully saturated rings. The number of nitrogens with zero attached hydrogens (tertiary/aromatic N) is 8. The Hall–Kier alpha value is -5.11. The van der Waals surface area contributed by atoms with Crippen molar-refractivity contribution in [2.24, 2.45) is 11.8 Å². The first kappa shape index (κ1) is 29.0. The van der Waals surface area contributed by atoms with Crippen LogP contribution < -0.4 is 26.8 Å². The number of imidazole rings is 1. The molecule has 4 aromatic heterocycles. The fourth-order valence-electron chi connectivity index (χ4n) is 5.26. The first-order valence-electron chi connectivity index (χ1n) is 14.5. The van der Waals surface area contributed by atoms with Gasteiger partial charge in [-0.15, -0.1) is 0 Å². The molecule has 5 N–H and O–H groups in total. The molecule has 0 aromatic carbocycles. The molecular formula is C30H35N11O3. The molecule has 228 valence electrons. The number of nitrogen functional groups attached to an aromatic ring is 1. The van der Waals surface area contributed by atoms with Crippen molar-refractivity contribution in [1.29, 1.82) is 0 Å².